The van der Waals surface area contributed by atoms with Gasteiger partial charge in [0.1, 0.15) is 10.8 Å². The number of esters is 2. The number of thiophene rings is 1. The van der Waals surface area contributed by atoms with E-state index in [0.717, 1.165) is 23.3 Å². The molecule has 0 radical (unpaired) electrons. The summed E-state index contributed by atoms with van der Waals surface area (Å²) in [4.78, 5) is 51.1. The zero-order valence-electron chi connectivity index (χ0n) is 21.6. The fraction of sp³-hybridized carbons (Fsp3) is 0.250. The summed E-state index contributed by atoms with van der Waals surface area (Å²) in [5.74, 6) is -2.52. The Bertz CT molecular complexity index is 1500. The quantitative estimate of drug-likeness (QED) is 0.118. The van der Waals surface area contributed by atoms with Crippen molar-refractivity contribution < 1.29 is 28.7 Å². The van der Waals surface area contributed by atoms with Gasteiger partial charge in [-0.05, 0) is 73.6 Å². The minimum Gasteiger partial charge on any atom is -0.462 e. The van der Waals surface area contributed by atoms with Crippen molar-refractivity contribution in [3.8, 4) is 5.75 Å². The molecule has 3 aromatic rings. The van der Waals surface area contributed by atoms with Gasteiger partial charge in [0.2, 0.25) is 0 Å². The Morgan fingerprint density at radius 2 is 1.90 bits per heavy atom. The number of fused-ring (bicyclic) bond motifs is 1. The Labute approximate surface area is 244 Å². The normalized spacial score (nSPS) is 14.3. The van der Waals surface area contributed by atoms with E-state index in [1.54, 1.807) is 25.1 Å². The summed E-state index contributed by atoms with van der Waals surface area (Å²) in [7, 11) is 0. The third kappa shape index (κ3) is 7.07. The van der Waals surface area contributed by atoms with Crippen LogP contribution in [0, 0.1) is 5.92 Å². The maximum Gasteiger partial charge on any atom is 0.345 e. The van der Waals surface area contributed by atoms with E-state index in [-0.39, 0.29) is 27.9 Å². The van der Waals surface area contributed by atoms with Gasteiger partial charge in [0.25, 0.3) is 0 Å². The molecule has 1 heterocycles. The molecule has 0 spiro atoms. The van der Waals surface area contributed by atoms with E-state index in [1.165, 1.54) is 41.8 Å². The second kappa shape index (κ2) is 13.1. The highest BCUT2D eigenvalue weighted by atomic mass is 35.5. The fourth-order valence-electron chi connectivity index (χ4n) is 4.11. The van der Waals surface area contributed by atoms with Crippen molar-refractivity contribution in [3.05, 3.63) is 79.6 Å². The molecule has 0 unspecified atom stereocenters. The van der Waals surface area contributed by atoms with E-state index in [1.807, 2.05) is 0 Å². The lowest BCUT2D eigenvalue weighted by Crippen LogP contribution is -2.32. The molecule has 2 aromatic carbocycles. The topological polar surface area (TPSA) is 123 Å². The first-order valence-corrected chi connectivity index (χ1v) is 14.0. The van der Waals surface area contributed by atoms with Crippen molar-refractivity contribution in [3.63, 3.8) is 0 Å². The monoisotopic (exact) mass is 601 g/mol. The lowest BCUT2D eigenvalue weighted by atomic mass is 9.88. The van der Waals surface area contributed by atoms with Crippen molar-refractivity contribution in [2.45, 2.75) is 33.1 Å². The highest BCUT2D eigenvalue weighted by Crippen LogP contribution is 2.40. The maximum atomic E-state index is 12.6. The third-order valence-corrected chi connectivity index (χ3v) is 7.74. The highest BCUT2D eigenvalue weighted by Gasteiger charge is 2.30. The lowest BCUT2D eigenvalue weighted by molar-refractivity contribution is -0.136. The Hall–Kier alpha value is -3.73. The average Bonchev–Trinajstić information content (AvgIpc) is 3.25. The highest BCUT2D eigenvalue weighted by molar-refractivity contribution is 7.17. The van der Waals surface area contributed by atoms with Gasteiger partial charge in [-0.25, -0.2) is 15.0 Å². The first kappa shape index (κ1) is 29.3. The number of hydrogen-bond acceptors (Lipinski definition) is 8. The first-order valence-electron chi connectivity index (χ1n) is 12.4. The van der Waals surface area contributed by atoms with Crippen LogP contribution in [-0.2, 0) is 27.2 Å². The van der Waals surface area contributed by atoms with Crippen LogP contribution >= 0.6 is 34.5 Å². The van der Waals surface area contributed by atoms with Gasteiger partial charge in [-0.2, -0.15) is 5.10 Å². The van der Waals surface area contributed by atoms with E-state index >= 15 is 0 Å². The second-order valence-corrected chi connectivity index (χ2v) is 11.0. The van der Waals surface area contributed by atoms with Crippen LogP contribution in [0.3, 0.4) is 0 Å². The predicted molar refractivity (Wildman–Crippen MR) is 154 cm³/mol. The second-order valence-electron chi connectivity index (χ2n) is 9.02. The van der Waals surface area contributed by atoms with Gasteiger partial charge in [-0.1, -0.05) is 42.3 Å². The number of benzene rings is 2. The molecule has 1 aliphatic rings. The predicted octanol–water partition coefficient (Wildman–Crippen LogP) is 5.66. The van der Waals surface area contributed by atoms with Crippen molar-refractivity contribution in [1.82, 2.24) is 5.43 Å². The summed E-state index contributed by atoms with van der Waals surface area (Å²) >= 11 is 13.2. The molecule has 0 fully saturated rings. The number of anilines is 1. The molecule has 208 valence electrons. The van der Waals surface area contributed by atoms with E-state index < -0.39 is 23.8 Å². The molecule has 1 aliphatic carbocycles. The molecule has 0 bridgehead atoms. The number of carbonyl (C=O) groups is 4. The summed E-state index contributed by atoms with van der Waals surface area (Å²) in [6.45, 7) is 4.03. The number of halogens is 2. The Kier molecular flexibility index (Phi) is 9.57. The largest absolute Gasteiger partial charge is 0.462 e. The minimum absolute atomic E-state index is 0.149. The zero-order valence-corrected chi connectivity index (χ0v) is 23.9. The number of carbonyl (C=O) groups excluding carboxylic acids is 4. The number of hydrogen-bond donors (Lipinski definition) is 2. The molecule has 9 nitrogen and oxygen atoms in total. The van der Waals surface area contributed by atoms with E-state index in [4.69, 9.17) is 32.7 Å². The third-order valence-electron chi connectivity index (χ3n) is 6.02. The van der Waals surface area contributed by atoms with Crippen molar-refractivity contribution >= 4 is 69.5 Å². The van der Waals surface area contributed by atoms with Crippen LogP contribution in [-0.4, -0.2) is 36.6 Å². The summed E-state index contributed by atoms with van der Waals surface area (Å²) in [6.07, 6.45) is 3.70. The minimum atomic E-state index is -1.02. The first-order chi connectivity index (χ1) is 19.2. The Balaban J connectivity index is 1.39. The summed E-state index contributed by atoms with van der Waals surface area (Å²) in [5.41, 5.74) is 3.97. The summed E-state index contributed by atoms with van der Waals surface area (Å²) in [5, 5.41) is 7.19. The number of rotatable bonds is 7. The molecule has 1 atom stereocenters. The SMILES string of the molecule is CCOC(=O)c1c(NC(=O)C(=O)N/N=C\c2cccc(OC(=O)c3ccc(Cl)cc3Cl)c2)sc2c1CC[C@@H](C)C2. The van der Waals surface area contributed by atoms with Gasteiger partial charge in [0.05, 0.1) is 29.0 Å². The molecule has 0 aliphatic heterocycles. The lowest BCUT2D eigenvalue weighted by Gasteiger charge is -2.18. The molecule has 40 heavy (non-hydrogen) atoms. The molecule has 2 amide bonds. The smallest absolute Gasteiger partial charge is 0.345 e. The number of nitrogens with one attached hydrogen (secondary N) is 2. The Morgan fingerprint density at radius 3 is 2.65 bits per heavy atom. The molecule has 0 saturated carbocycles. The van der Waals surface area contributed by atoms with E-state index in [0.29, 0.717) is 28.5 Å². The van der Waals surface area contributed by atoms with Gasteiger partial charge in [-0.15, -0.1) is 11.3 Å². The van der Waals surface area contributed by atoms with Crippen LogP contribution in [0.4, 0.5) is 5.00 Å². The molecule has 2 N–H and O–H groups in total. The molecule has 0 saturated heterocycles. The van der Waals surface area contributed by atoms with E-state index in [2.05, 4.69) is 22.8 Å². The molecular weight excluding hydrogens is 577 g/mol. The molecule has 4 rings (SSSR count). The van der Waals surface area contributed by atoms with Crippen LogP contribution < -0.4 is 15.5 Å². The number of hydrazone groups is 1. The van der Waals surface area contributed by atoms with Gasteiger partial charge in [0.15, 0.2) is 0 Å². The van der Waals surface area contributed by atoms with Crippen LogP contribution in [0.1, 0.15) is 57.0 Å². The zero-order chi connectivity index (χ0) is 28.8. The fourth-order valence-corrected chi connectivity index (χ4v) is 5.99. The number of nitrogens with zero attached hydrogens (tertiary/aromatic N) is 1. The summed E-state index contributed by atoms with van der Waals surface area (Å²) in [6, 6.07) is 10.8. The Morgan fingerprint density at radius 1 is 1.10 bits per heavy atom. The van der Waals surface area contributed by atoms with Crippen molar-refractivity contribution in [2.24, 2.45) is 11.0 Å². The average molecular weight is 602 g/mol. The van der Waals surface area contributed by atoms with Crippen LogP contribution in [0.5, 0.6) is 5.75 Å². The van der Waals surface area contributed by atoms with Crippen molar-refractivity contribution in [1.29, 1.82) is 0 Å². The van der Waals surface area contributed by atoms with E-state index in [9.17, 15) is 19.2 Å². The van der Waals surface area contributed by atoms with Crippen LogP contribution in [0.15, 0.2) is 47.6 Å². The number of amides is 2. The van der Waals surface area contributed by atoms with Gasteiger partial charge in [-0.3, -0.25) is 9.59 Å². The number of ether oxygens (including phenoxy) is 2. The van der Waals surface area contributed by atoms with Gasteiger partial charge in [0, 0.05) is 9.90 Å². The standard InChI is InChI=1S/C28H25Cl2N3O6S/c1-3-38-28(37)23-20-9-7-15(2)11-22(20)40-26(23)32-24(34)25(35)33-31-14-16-5-4-6-18(12-16)39-27(36)19-10-8-17(29)13-21(19)30/h4-6,8,10,12-15H,3,7,9,11H2,1-2H3,(H,32,34)(H,33,35)/b31-14-/t15-/m1/s1. The van der Waals surface area contributed by atoms with Crippen LogP contribution in [0.2, 0.25) is 10.0 Å². The van der Waals surface area contributed by atoms with Gasteiger partial charge >= 0.3 is 23.8 Å². The van der Waals surface area contributed by atoms with Crippen molar-refractivity contribution in [2.75, 3.05) is 11.9 Å². The summed E-state index contributed by atoms with van der Waals surface area (Å²) < 4.78 is 10.6. The molecule has 12 heteroatoms. The van der Waals surface area contributed by atoms with Gasteiger partial charge < -0.3 is 14.8 Å². The maximum absolute atomic E-state index is 12.6. The van der Waals surface area contributed by atoms with Crippen LogP contribution in [0.25, 0.3) is 0 Å². The molecular formula is C28H25Cl2N3O6S. The molecule has 1 aromatic heterocycles.